The van der Waals surface area contributed by atoms with Crippen molar-refractivity contribution in [3.05, 3.63) is 63.0 Å². The number of terminal acetylenes is 1. The van der Waals surface area contributed by atoms with E-state index < -0.39 is 4.92 Å². The second kappa shape index (κ2) is 8.77. The molecule has 0 bridgehead atoms. The number of methoxy groups -OCH3 is 1. The van der Waals surface area contributed by atoms with Gasteiger partial charge in [-0.25, -0.2) is 0 Å². The Morgan fingerprint density at radius 1 is 1.28 bits per heavy atom. The van der Waals surface area contributed by atoms with Gasteiger partial charge in [0, 0.05) is 12.1 Å². The molecule has 0 aromatic heterocycles. The number of nitro groups is 1. The van der Waals surface area contributed by atoms with Gasteiger partial charge in [0.25, 0.3) is 11.6 Å². The Labute approximate surface area is 176 Å². The van der Waals surface area contributed by atoms with Gasteiger partial charge >= 0.3 is 0 Å². The van der Waals surface area contributed by atoms with E-state index in [9.17, 15) is 14.9 Å². The van der Waals surface area contributed by atoms with Crippen molar-refractivity contribution >= 4 is 51.7 Å². The normalized spacial score (nSPS) is 14.8. The molecule has 1 fully saturated rings. The molecule has 0 radical (unpaired) electrons. The van der Waals surface area contributed by atoms with Crippen molar-refractivity contribution < 1.29 is 19.2 Å². The zero-order valence-electron chi connectivity index (χ0n) is 15.2. The second-order valence-corrected chi connectivity index (χ2v) is 7.37. The molecule has 9 heteroatoms. The minimum absolute atomic E-state index is 0.0611. The molecular formula is C20H14N2O5S2. The number of non-ortho nitro benzene ring substituents is 1. The largest absolute Gasteiger partial charge is 0.493 e. The standard InChI is InChI=1S/C20H14N2O5S2/c1-3-10-27-16-9-4-13(11-17(16)26-2)12-18-19(23)21(20(28)29-18)14-5-7-15(8-6-14)22(24)25/h1,4-9,11-12H,10H2,2H3/b18-12+. The van der Waals surface area contributed by atoms with E-state index in [2.05, 4.69) is 5.92 Å². The lowest BCUT2D eigenvalue weighted by molar-refractivity contribution is -0.384. The van der Waals surface area contributed by atoms with Crippen LogP contribution < -0.4 is 14.4 Å². The highest BCUT2D eigenvalue weighted by atomic mass is 32.2. The van der Waals surface area contributed by atoms with E-state index in [4.69, 9.17) is 28.1 Å². The SMILES string of the molecule is C#CCOc1ccc(/C=C2/SC(=S)N(c3ccc([N+](=O)[O-])cc3)C2=O)cc1OC. The Morgan fingerprint density at radius 2 is 2.00 bits per heavy atom. The van der Waals surface area contributed by atoms with Crippen molar-refractivity contribution in [2.45, 2.75) is 0 Å². The average molecular weight is 426 g/mol. The van der Waals surface area contributed by atoms with Gasteiger partial charge in [0.05, 0.1) is 22.6 Å². The Hall–Kier alpha value is -3.35. The van der Waals surface area contributed by atoms with Crippen LogP contribution >= 0.6 is 24.0 Å². The highest BCUT2D eigenvalue weighted by Crippen LogP contribution is 2.37. The number of carbonyl (C=O) groups excluding carboxylic acids is 1. The fraction of sp³-hybridized carbons (Fsp3) is 0.100. The van der Waals surface area contributed by atoms with Crippen LogP contribution in [0.4, 0.5) is 11.4 Å². The van der Waals surface area contributed by atoms with Gasteiger partial charge in [-0.05, 0) is 35.9 Å². The molecule has 1 aliphatic heterocycles. The summed E-state index contributed by atoms with van der Waals surface area (Å²) in [6.07, 6.45) is 6.90. The van der Waals surface area contributed by atoms with Crippen LogP contribution in [-0.4, -0.2) is 28.9 Å². The fourth-order valence-corrected chi connectivity index (χ4v) is 3.88. The van der Waals surface area contributed by atoms with Crippen LogP contribution in [0.5, 0.6) is 11.5 Å². The molecule has 2 aromatic rings. The van der Waals surface area contributed by atoms with Gasteiger partial charge in [-0.3, -0.25) is 19.8 Å². The first-order valence-electron chi connectivity index (χ1n) is 8.21. The molecule has 0 unspecified atom stereocenters. The Kier molecular flexibility index (Phi) is 6.16. The topological polar surface area (TPSA) is 81.9 Å². The average Bonchev–Trinajstić information content (AvgIpc) is 2.99. The number of nitrogens with zero attached hydrogens (tertiary/aromatic N) is 2. The molecule has 1 aliphatic rings. The maximum absolute atomic E-state index is 12.8. The molecule has 0 saturated carbocycles. The molecule has 0 atom stereocenters. The van der Waals surface area contributed by atoms with Gasteiger partial charge in [0.2, 0.25) is 0 Å². The van der Waals surface area contributed by atoms with Crippen molar-refractivity contribution in [2.24, 2.45) is 0 Å². The van der Waals surface area contributed by atoms with Crippen LogP contribution in [0.15, 0.2) is 47.4 Å². The molecule has 146 valence electrons. The third-order valence-electron chi connectivity index (χ3n) is 3.91. The van der Waals surface area contributed by atoms with Crippen molar-refractivity contribution in [3.63, 3.8) is 0 Å². The molecular weight excluding hydrogens is 412 g/mol. The quantitative estimate of drug-likeness (QED) is 0.227. The smallest absolute Gasteiger partial charge is 0.270 e. The predicted octanol–water partition coefficient (Wildman–Crippen LogP) is 4.02. The zero-order valence-corrected chi connectivity index (χ0v) is 16.8. The van der Waals surface area contributed by atoms with E-state index in [1.54, 1.807) is 24.3 Å². The molecule has 1 saturated heterocycles. The zero-order chi connectivity index (χ0) is 21.0. The van der Waals surface area contributed by atoms with Gasteiger partial charge in [-0.15, -0.1) is 6.42 Å². The van der Waals surface area contributed by atoms with Crippen LogP contribution in [-0.2, 0) is 4.79 Å². The Balaban J connectivity index is 1.86. The van der Waals surface area contributed by atoms with Crippen molar-refractivity contribution in [1.29, 1.82) is 0 Å². The van der Waals surface area contributed by atoms with E-state index in [0.717, 1.165) is 17.3 Å². The van der Waals surface area contributed by atoms with Crippen molar-refractivity contribution in [1.82, 2.24) is 0 Å². The first kappa shape index (κ1) is 20.4. The molecule has 29 heavy (non-hydrogen) atoms. The van der Waals surface area contributed by atoms with Crippen LogP contribution in [0.25, 0.3) is 6.08 Å². The molecule has 1 heterocycles. The van der Waals surface area contributed by atoms with Gasteiger partial charge in [0.15, 0.2) is 15.8 Å². The highest BCUT2D eigenvalue weighted by molar-refractivity contribution is 8.27. The van der Waals surface area contributed by atoms with Crippen LogP contribution in [0.2, 0.25) is 0 Å². The summed E-state index contributed by atoms with van der Waals surface area (Å²) in [5.74, 6) is 3.07. The molecule has 7 nitrogen and oxygen atoms in total. The van der Waals surface area contributed by atoms with Crippen molar-refractivity contribution in [3.8, 4) is 23.8 Å². The number of rotatable bonds is 6. The second-order valence-electron chi connectivity index (χ2n) is 5.69. The number of thiocarbonyl (C=S) groups is 1. The van der Waals surface area contributed by atoms with Crippen LogP contribution in [0, 0.1) is 22.5 Å². The number of hydrogen-bond donors (Lipinski definition) is 0. The van der Waals surface area contributed by atoms with Gasteiger partial charge < -0.3 is 9.47 Å². The summed E-state index contributed by atoms with van der Waals surface area (Å²) < 4.78 is 11.1. The summed E-state index contributed by atoms with van der Waals surface area (Å²) in [5.41, 5.74) is 1.13. The fourth-order valence-electron chi connectivity index (χ4n) is 2.58. The molecule has 0 N–H and O–H groups in total. The predicted molar refractivity (Wildman–Crippen MR) is 116 cm³/mol. The lowest BCUT2D eigenvalue weighted by Crippen LogP contribution is -2.27. The summed E-state index contributed by atoms with van der Waals surface area (Å²) in [6, 6.07) is 10.9. The number of carbonyl (C=O) groups is 1. The first-order chi connectivity index (χ1) is 13.9. The minimum Gasteiger partial charge on any atom is -0.493 e. The molecule has 2 aromatic carbocycles. The highest BCUT2D eigenvalue weighted by Gasteiger charge is 2.33. The number of ether oxygens (including phenoxy) is 2. The maximum Gasteiger partial charge on any atom is 0.270 e. The molecule has 3 rings (SSSR count). The van der Waals surface area contributed by atoms with Crippen LogP contribution in [0.3, 0.4) is 0 Å². The third kappa shape index (κ3) is 4.39. The van der Waals surface area contributed by atoms with E-state index in [-0.39, 0.29) is 18.2 Å². The molecule has 1 amide bonds. The number of anilines is 1. The summed E-state index contributed by atoms with van der Waals surface area (Å²) >= 11 is 6.47. The molecule has 0 aliphatic carbocycles. The summed E-state index contributed by atoms with van der Waals surface area (Å²) in [6.45, 7) is 0.115. The summed E-state index contributed by atoms with van der Waals surface area (Å²) in [5, 5.41) is 10.8. The van der Waals surface area contributed by atoms with E-state index in [1.165, 1.54) is 36.3 Å². The Bertz CT molecular complexity index is 1060. The lowest BCUT2D eigenvalue weighted by atomic mass is 10.1. The summed E-state index contributed by atoms with van der Waals surface area (Å²) in [7, 11) is 1.51. The van der Waals surface area contributed by atoms with Gasteiger partial charge in [-0.1, -0.05) is 36.0 Å². The maximum atomic E-state index is 12.8. The number of amides is 1. The first-order valence-corrected chi connectivity index (χ1v) is 9.43. The lowest BCUT2D eigenvalue weighted by Gasteiger charge is -2.14. The van der Waals surface area contributed by atoms with E-state index in [0.29, 0.717) is 26.4 Å². The van der Waals surface area contributed by atoms with Gasteiger partial charge in [0.1, 0.15) is 6.61 Å². The van der Waals surface area contributed by atoms with E-state index >= 15 is 0 Å². The number of nitro benzene ring substituents is 1. The van der Waals surface area contributed by atoms with Crippen molar-refractivity contribution in [2.75, 3.05) is 18.6 Å². The monoisotopic (exact) mass is 426 g/mol. The molecule has 0 spiro atoms. The minimum atomic E-state index is -0.502. The number of thioether (sulfide) groups is 1. The van der Waals surface area contributed by atoms with Gasteiger partial charge in [-0.2, -0.15) is 0 Å². The summed E-state index contributed by atoms with van der Waals surface area (Å²) in [4.78, 5) is 24.9. The van der Waals surface area contributed by atoms with Crippen LogP contribution in [0.1, 0.15) is 5.56 Å². The Morgan fingerprint density at radius 3 is 2.62 bits per heavy atom. The number of hydrogen-bond acceptors (Lipinski definition) is 7. The van der Waals surface area contributed by atoms with E-state index in [1.807, 2.05) is 0 Å². The number of benzene rings is 2. The third-order valence-corrected chi connectivity index (χ3v) is 5.21.